The van der Waals surface area contributed by atoms with Crippen LogP contribution in [-0.2, 0) is 4.79 Å². The maximum absolute atomic E-state index is 11.9. The third kappa shape index (κ3) is 2.53. The monoisotopic (exact) mass is 295 g/mol. The van der Waals surface area contributed by atoms with Gasteiger partial charge in [-0.25, -0.2) is 0 Å². The molecule has 0 spiro atoms. The number of aliphatic carboxylic acids is 1. The summed E-state index contributed by atoms with van der Waals surface area (Å²) in [6.45, 7) is 0. The number of phenols is 1. The van der Waals surface area contributed by atoms with Gasteiger partial charge in [0.05, 0.1) is 24.1 Å². The number of carboxylic acids is 1. The van der Waals surface area contributed by atoms with Crippen LogP contribution in [0.5, 0.6) is 11.5 Å². The van der Waals surface area contributed by atoms with Crippen molar-refractivity contribution in [2.24, 2.45) is 0 Å². The van der Waals surface area contributed by atoms with Crippen LogP contribution < -0.4 is 10.5 Å². The Morgan fingerprint density at radius 3 is 2.65 bits per heavy atom. The van der Waals surface area contributed by atoms with Crippen LogP contribution >= 0.6 is 11.3 Å². The quantitative estimate of drug-likeness (QED) is 0.443. The average Bonchev–Trinajstić information content (AvgIpc) is 2.84. The summed E-state index contributed by atoms with van der Waals surface area (Å²) in [6, 6.07) is 3.17. The summed E-state index contributed by atoms with van der Waals surface area (Å²) in [7, 11) is 1.41. The molecule has 4 N–H and O–H groups in total. The number of aromatic hydroxyl groups is 1. The number of carboxylic acid groups (broad SMARTS) is 1. The van der Waals surface area contributed by atoms with E-state index in [1.165, 1.54) is 18.4 Å². The molecule has 0 fully saturated rings. The summed E-state index contributed by atoms with van der Waals surface area (Å²) < 4.78 is 5.70. The predicted molar refractivity (Wildman–Crippen MR) is 75.7 cm³/mol. The van der Waals surface area contributed by atoms with Gasteiger partial charge in [-0.15, -0.1) is 11.3 Å². The van der Waals surface area contributed by atoms with E-state index in [4.69, 9.17) is 15.6 Å². The number of nitrogen functional groups attached to an aromatic ring is 1. The van der Waals surface area contributed by atoms with Crippen molar-refractivity contribution in [3.05, 3.63) is 17.0 Å². The minimum absolute atomic E-state index is 0.0643. The average molecular weight is 295 g/mol. The minimum Gasteiger partial charge on any atom is -0.503 e. The number of ketones is 1. The van der Waals surface area contributed by atoms with E-state index >= 15 is 0 Å². The summed E-state index contributed by atoms with van der Waals surface area (Å²) in [6.07, 6.45) is -0.275. The van der Waals surface area contributed by atoms with Crippen molar-refractivity contribution in [2.75, 3.05) is 12.8 Å². The number of carbonyl (C=O) groups excluding carboxylic acids is 1. The van der Waals surface area contributed by atoms with Gasteiger partial charge in [-0.2, -0.15) is 0 Å². The van der Waals surface area contributed by atoms with Gasteiger partial charge >= 0.3 is 5.97 Å². The largest absolute Gasteiger partial charge is 0.503 e. The third-order valence-corrected chi connectivity index (χ3v) is 3.99. The van der Waals surface area contributed by atoms with E-state index in [0.717, 1.165) is 0 Å². The van der Waals surface area contributed by atoms with Crippen LogP contribution in [0.3, 0.4) is 0 Å². The van der Waals surface area contributed by atoms with E-state index in [0.29, 0.717) is 15.0 Å². The van der Waals surface area contributed by atoms with Gasteiger partial charge in [0.15, 0.2) is 17.3 Å². The first-order valence-corrected chi connectivity index (χ1v) is 6.59. The Labute approximate surface area is 118 Å². The van der Waals surface area contributed by atoms with Gasteiger partial charge in [-0.05, 0) is 6.07 Å². The van der Waals surface area contributed by atoms with E-state index < -0.39 is 5.97 Å². The number of nitrogens with two attached hydrogens (primary N) is 1. The fourth-order valence-electron chi connectivity index (χ4n) is 1.81. The Balaban J connectivity index is 2.41. The highest BCUT2D eigenvalue weighted by Crippen LogP contribution is 2.42. The van der Waals surface area contributed by atoms with Gasteiger partial charge in [0.2, 0.25) is 0 Å². The molecule has 0 aliphatic rings. The molecule has 1 heterocycles. The van der Waals surface area contributed by atoms with E-state index in [1.54, 1.807) is 12.1 Å². The molecule has 2 rings (SSSR count). The van der Waals surface area contributed by atoms with Crippen LogP contribution in [0.2, 0.25) is 0 Å². The van der Waals surface area contributed by atoms with Crippen LogP contribution in [0.15, 0.2) is 12.1 Å². The zero-order valence-electron chi connectivity index (χ0n) is 10.7. The maximum Gasteiger partial charge on any atom is 0.303 e. The third-order valence-electron chi connectivity index (χ3n) is 2.86. The number of carbonyl (C=O) groups is 2. The molecule has 7 heteroatoms. The van der Waals surface area contributed by atoms with Crippen molar-refractivity contribution < 1.29 is 24.5 Å². The number of fused-ring (bicyclic) bond motifs is 1. The van der Waals surface area contributed by atoms with E-state index in [9.17, 15) is 14.7 Å². The molecule has 2 aromatic rings. The van der Waals surface area contributed by atoms with Gasteiger partial charge in [0.25, 0.3) is 0 Å². The van der Waals surface area contributed by atoms with Gasteiger partial charge in [-0.1, -0.05) is 0 Å². The molecule has 0 bridgehead atoms. The molecule has 0 aliphatic heterocycles. The van der Waals surface area contributed by atoms with Crippen molar-refractivity contribution in [3.8, 4) is 11.5 Å². The lowest BCUT2D eigenvalue weighted by atomic mass is 10.1. The maximum atomic E-state index is 11.9. The highest BCUT2D eigenvalue weighted by Gasteiger charge is 2.17. The molecule has 0 atom stereocenters. The number of phenolic OH excluding ortho intramolecular Hbond substituents is 1. The lowest BCUT2D eigenvalue weighted by Gasteiger charge is -2.06. The molecule has 0 amide bonds. The Morgan fingerprint density at radius 2 is 2.05 bits per heavy atom. The summed E-state index contributed by atoms with van der Waals surface area (Å²) in [5.74, 6) is -1.20. The molecular formula is C13H13NO5S. The molecule has 0 saturated heterocycles. The van der Waals surface area contributed by atoms with E-state index in [1.807, 2.05) is 0 Å². The second-order valence-electron chi connectivity index (χ2n) is 4.18. The summed E-state index contributed by atoms with van der Waals surface area (Å²) >= 11 is 1.20. The molecule has 0 saturated carbocycles. The number of Topliss-reactive ketones (excluding diaryl/α,β-unsaturated/α-hetero) is 1. The molecule has 20 heavy (non-hydrogen) atoms. The van der Waals surface area contributed by atoms with Crippen molar-refractivity contribution in [2.45, 2.75) is 12.8 Å². The minimum atomic E-state index is -1.02. The van der Waals surface area contributed by atoms with Gasteiger partial charge < -0.3 is 20.7 Å². The number of rotatable bonds is 5. The number of thiophene rings is 1. The number of ether oxygens (including phenoxy) is 1. The van der Waals surface area contributed by atoms with Crippen LogP contribution in [0.25, 0.3) is 10.1 Å². The molecule has 0 aliphatic carbocycles. The first-order valence-electron chi connectivity index (χ1n) is 5.78. The van der Waals surface area contributed by atoms with Gasteiger partial charge in [0.1, 0.15) is 0 Å². The van der Waals surface area contributed by atoms with Crippen LogP contribution in [0.1, 0.15) is 22.5 Å². The first-order chi connectivity index (χ1) is 9.43. The Kier molecular flexibility index (Phi) is 3.80. The van der Waals surface area contributed by atoms with Crippen molar-refractivity contribution >= 4 is 38.9 Å². The SMILES string of the molecule is COc1cc2sc(C(=O)CCC(=O)O)cc2c(N)c1O. The zero-order chi connectivity index (χ0) is 14.9. The van der Waals surface area contributed by atoms with E-state index in [2.05, 4.69) is 0 Å². The predicted octanol–water partition coefficient (Wildman–Crippen LogP) is 2.25. The van der Waals surface area contributed by atoms with Crippen molar-refractivity contribution in [1.29, 1.82) is 0 Å². The number of benzene rings is 1. The van der Waals surface area contributed by atoms with Crippen LogP contribution in [0, 0.1) is 0 Å². The standard InChI is InChI=1S/C13H13NO5S/c1-19-8-5-9-6(12(14)13(8)18)4-10(20-9)7(15)2-3-11(16)17/h4-5,18H,2-3,14H2,1H3,(H,16,17). The molecule has 106 valence electrons. The second kappa shape index (κ2) is 5.38. The number of hydrogen-bond acceptors (Lipinski definition) is 6. The Hall–Kier alpha value is -2.28. The highest BCUT2D eigenvalue weighted by molar-refractivity contribution is 7.21. The smallest absolute Gasteiger partial charge is 0.303 e. The summed E-state index contributed by atoms with van der Waals surface area (Å²) in [5, 5.41) is 19.0. The molecule has 1 aromatic heterocycles. The van der Waals surface area contributed by atoms with Gasteiger partial charge in [-0.3, -0.25) is 9.59 Å². The Morgan fingerprint density at radius 1 is 1.35 bits per heavy atom. The number of methoxy groups -OCH3 is 1. The topological polar surface area (TPSA) is 110 Å². The highest BCUT2D eigenvalue weighted by atomic mass is 32.1. The van der Waals surface area contributed by atoms with Gasteiger partial charge in [0, 0.05) is 22.6 Å². The lowest BCUT2D eigenvalue weighted by Crippen LogP contribution is -2.01. The number of hydrogen-bond donors (Lipinski definition) is 3. The first kappa shape index (κ1) is 14.1. The molecular weight excluding hydrogens is 282 g/mol. The van der Waals surface area contributed by atoms with Crippen molar-refractivity contribution in [3.63, 3.8) is 0 Å². The van der Waals surface area contributed by atoms with Crippen molar-refractivity contribution in [1.82, 2.24) is 0 Å². The van der Waals surface area contributed by atoms with Crippen LogP contribution in [-0.4, -0.2) is 29.1 Å². The Bertz CT molecular complexity index is 692. The normalized spacial score (nSPS) is 10.7. The molecule has 1 aromatic carbocycles. The van der Waals surface area contributed by atoms with Crippen LogP contribution in [0.4, 0.5) is 5.69 Å². The fraction of sp³-hybridized carbons (Fsp3) is 0.231. The molecule has 0 radical (unpaired) electrons. The molecule has 6 nitrogen and oxygen atoms in total. The lowest BCUT2D eigenvalue weighted by molar-refractivity contribution is -0.136. The zero-order valence-corrected chi connectivity index (χ0v) is 11.5. The number of anilines is 1. The summed E-state index contributed by atoms with van der Waals surface area (Å²) in [4.78, 5) is 22.8. The summed E-state index contributed by atoms with van der Waals surface area (Å²) in [5.41, 5.74) is 5.95. The van der Waals surface area contributed by atoms with E-state index in [-0.39, 0.29) is 35.8 Å². The second-order valence-corrected chi connectivity index (χ2v) is 5.26. The molecule has 0 unspecified atom stereocenters. The fourth-order valence-corrected chi connectivity index (χ4v) is 2.88.